The number of carboxylic acid groups (broad SMARTS) is 1. The predicted octanol–water partition coefficient (Wildman–Crippen LogP) is 3.14. The molecule has 0 aliphatic carbocycles. The minimum absolute atomic E-state index is 0.0212. The summed E-state index contributed by atoms with van der Waals surface area (Å²) in [5.74, 6) is -1.51. The van der Waals surface area contributed by atoms with E-state index in [2.05, 4.69) is 5.32 Å². The number of rotatable bonds is 5. The van der Waals surface area contributed by atoms with Crippen LogP contribution in [0.2, 0.25) is 5.02 Å². The molecule has 1 aromatic carbocycles. The quantitative estimate of drug-likeness (QED) is 0.838. The lowest BCUT2D eigenvalue weighted by Gasteiger charge is -2.14. The van der Waals surface area contributed by atoms with Gasteiger partial charge in [-0.3, -0.25) is 0 Å². The second kappa shape index (κ2) is 5.70. The molecule has 0 amide bonds. The largest absolute Gasteiger partial charge is 0.480 e. The van der Waals surface area contributed by atoms with Gasteiger partial charge in [-0.25, -0.2) is 9.18 Å². The van der Waals surface area contributed by atoms with Crippen LogP contribution in [-0.4, -0.2) is 17.1 Å². The minimum Gasteiger partial charge on any atom is -0.480 e. The second-order valence-corrected chi connectivity index (χ2v) is 3.86. The van der Waals surface area contributed by atoms with Crippen LogP contribution in [0.3, 0.4) is 0 Å². The van der Waals surface area contributed by atoms with Crippen molar-refractivity contribution in [1.29, 1.82) is 0 Å². The molecule has 0 aliphatic rings. The topological polar surface area (TPSA) is 49.3 Å². The molecule has 1 atom stereocenters. The highest BCUT2D eigenvalue weighted by Gasteiger charge is 2.16. The van der Waals surface area contributed by atoms with E-state index in [4.69, 9.17) is 16.7 Å². The van der Waals surface area contributed by atoms with Crippen molar-refractivity contribution in [3.05, 3.63) is 29.0 Å². The average molecular weight is 246 g/mol. The number of anilines is 1. The van der Waals surface area contributed by atoms with E-state index in [1.165, 1.54) is 12.1 Å². The summed E-state index contributed by atoms with van der Waals surface area (Å²) in [6, 6.07) is 3.43. The average Bonchev–Trinajstić information content (AvgIpc) is 2.22. The molecule has 0 bridgehead atoms. The molecular formula is C11H13ClFNO2. The van der Waals surface area contributed by atoms with E-state index in [1.807, 2.05) is 6.92 Å². The van der Waals surface area contributed by atoms with Crippen molar-refractivity contribution in [3.8, 4) is 0 Å². The molecule has 5 heteroatoms. The Hall–Kier alpha value is -1.29. The van der Waals surface area contributed by atoms with Crippen molar-refractivity contribution >= 4 is 23.3 Å². The fourth-order valence-electron chi connectivity index (χ4n) is 1.33. The summed E-state index contributed by atoms with van der Waals surface area (Å²) in [6.07, 6.45) is 1.22. The van der Waals surface area contributed by atoms with E-state index >= 15 is 0 Å². The van der Waals surface area contributed by atoms with Gasteiger partial charge in [0.15, 0.2) is 0 Å². The lowest BCUT2D eigenvalue weighted by atomic mass is 10.1. The number of halogens is 2. The maximum Gasteiger partial charge on any atom is 0.326 e. The van der Waals surface area contributed by atoms with Crippen molar-refractivity contribution in [1.82, 2.24) is 0 Å². The van der Waals surface area contributed by atoms with Gasteiger partial charge in [-0.15, -0.1) is 0 Å². The number of benzene rings is 1. The highest BCUT2D eigenvalue weighted by molar-refractivity contribution is 6.30. The predicted molar refractivity (Wildman–Crippen MR) is 61.4 cm³/mol. The lowest BCUT2D eigenvalue weighted by molar-refractivity contribution is -0.138. The monoisotopic (exact) mass is 245 g/mol. The molecule has 0 fully saturated rings. The second-order valence-electron chi connectivity index (χ2n) is 3.45. The summed E-state index contributed by atoms with van der Waals surface area (Å²) < 4.78 is 13.1. The zero-order chi connectivity index (χ0) is 12.1. The third-order valence-corrected chi connectivity index (χ3v) is 2.44. The first-order valence-corrected chi connectivity index (χ1v) is 5.36. The molecule has 88 valence electrons. The van der Waals surface area contributed by atoms with E-state index in [-0.39, 0.29) is 5.02 Å². The van der Waals surface area contributed by atoms with Crippen LogP contribution in [0.15, 0.2) is 18.2 Å². The molecule has 1 unspecified atom stereocenters. The van der Waals surface area contributed by atoms with E-state index in [0.29, 0.717) is 12.1 Å². The molecule has 16 heavy (non-hydrogen) atoms. The van der Waals surface area contributed by atoms with Gasteiger partial charge in [0.05, 0.1) is 5.02 Å². The number of aliphatic carboxylic acids is 1. The van der Waals surface area contributed by atoms with Crippen LogP contribution in [0.1, 0.15) is 19.8 Å². The molecule has 0 aromatic heterocycles. The highest BCUT2D eigenvalue weighted by atomic mass is 35.5. The zero-order valence-corrected chi connectivity index (χ0v) is 9.59. The molecule has 1 aromatic rings. The summed E-state index contributed by atoms with van der Waals surface area (Å²) in [7, 11) is 0. The Balaban J connectivity index is 2.77. The normalized spacial score (nSPS) is 12.2. The van der Waals surface area contributed by atoms with Crippen molar-refractivity contribution in [2.45, 2.75) is 25.8 Å². The van der Waals surface area contributed by atoms with Gasteiger partial charge in [0, 0.05) is 5.69 Å². The standard InChI is InChI=1S/C11H13ClFNO2/c1-2-3-10(11(15)16)14-7-4-5-8(12)9(13)6-7/h4-6,10,14H,2-3H2,1H3,(H,15,16). The van der Waals surface area contributed by atoms with Crippen molar-refractivity contribution in [3.63, 3.8) is 0 Å². The summed E-state index contributed by atoms with van der Waals surface area (Å²) in [6.45, 7) is 1.89. The Bertz CT molecular complexity index is 384. The molecule has 1 rings (SSSR count). The summed E-state index contributed by atoms with van der Waals surface area (Å²) in [5.41, 5.74) is 0.419. The molecule has 0 aliphatic heterocycles. The van der Waals surface area contributed by atoms with Crippen LogP contribution in [0.25, 0.3) is 0 Å². The third-order valence-electron chi connectivity index (χ3n) is 2.14. The molecule has 0 radical (unpaired) electrons. The summed E-state index contributed by atoms with van der Waals surface area (Å²) in [4.78, 5) is 10.9. The van der Waals surface area contributed by atoms with Gasteiger partial charge >= 0.3 is 5.97 Å². The van der Waals surface area contributed by atoms with Crippen LogP contribution < -0.4 is 5.32 Å². The van der Waals surface area contributed by atoms with Gasteiger partial charge in [-0.05, 0) is 24.6 Å². The molecule has 2 N–H and O–H groups in total. The maximum absolute atomic E-state index is 13.1. The first-order chi connectivity index (χ1) is 7.54. The fraction of sp³-hybridized carbons (Fsp3) is 0.364. The number of hydrogen-bond donors (Lipinski definition) is 2. The van der Waals surface area contributed by atoms with Crippen LogP contribution in [0.4, 0.5) is 10.1 Å². The Labute approximate surface area is 98.2 Å². The van der Waals surface area contributed by atoms with E-state index < -0.39 is 17.8 Å². The number of carbonyl (C=O) groups is 1. The number of nitrogens with one attached hydrogen (secondary N) is 1. The summed E-state index contributed by atoms with van der Waals surface area (Å²) >= 11 is 5.52. The Morgan fingerprint density at radius 3 is 2.81 bits per heavy atom. The molecule has 0 saturated heterocycles. The lowest BCUT2D eigenvalue weighted by Crippen LogP contribution is -2.28. The maximum atomic E-state index is 13.1. The van der Waals surface area contributed by atoms with Gasteiger partial charge in [0.25, 0.3) is 0 Å². The summed E-state index contributed by atoms with van der Waals surface area (Å²) in [5, 5.41) is 11.7. The van der Waals surface area contributed by atoms with E-state index in [1.54, 1.807) is 6.07 Å². The van der Waals surface area contributed by atoms with Gasteiger partial charge in [-0.1, -0.05) is 24.9 Å². The smallest absolute Gasteiger partial charge is 0.326 e. The number of carboxylic acids is 1. The Morgan fingerprint density at radius 2 is 2.31 bits per heavy atom. The Kier molecular flexibility index (Phi) is 4.55. The first kappa shape index (κ1) is 12.8. The highest BCUT2D eigenvalue weighted by Crippen LogP contribution is 2.19. The van der Waals surface area contributed by atoms with E-state index in [9.17, 15) is 9.18 Å². The van der Waals surface area contributed by atoms with Crippen LogP contribution in [-0.2, 0) is 4.79 Å². The van der Waals surface area contributed by atoms with E-state index in [0.717, 1.165) is 6.42 Å². The molecule has 3 nitrogen and oxygen atoms in total. The molecular weight excluding hydrogens is 233 g/mol. The van der Waals surface area contributed by atoms with Crippen molar-refractivity contribution < 1.29 is 14.3 Å². The van der Waals surface area contributed by atoms with Crippen molar-refractivity contribution in [2.24, 2.45) is 0 Å². The minimum atomic E-state index is -0.947. The first-order valence-electron chi connectivity index (χ1n) is 4.99. The van der Waals surface area contributed by atoms with Gasteiger partial charge < -0.3 is 10.4 Å². The van der Waals surface area contributed by atoms with Gasteiger partial charge in [0.2, 0.25) is 0 Å². The SMILES string of the molecule is CCCC(Nc1ccc(Cl)c(F)c1)C(=O)O. The zero-order valence-electron chi connectivity index (χ0n) is 8.84. The Morgan fingerprint density at radius 1 is 1.62 bits per heavy atom. The number of hydrogen-bond acceptors (Lipinski definition) is 2. The van der Waals surface area contributed by atoms with Gasteiger partial charge in [0.1, 0.15) is 11.9 Å². The molecule has 0 saturated carbocycles. The fourth-order valence-corrected chi connectivity index (χ4v) is 1.45. The van der Waals surface area contributed by atoms with Crippen LogP contribution in [0.5, 0.6) is 0 Å². The third kappa shape index (κ3) is 3.38. The molecule has 0 spiro atoms. The van der Waals surface area contributed by atoms with Crippen LogP contribution in [0, 0.1) is 5.82 Å². The van der Waals surface area contributed by atoms with Gasteiger partial charge in [-0.2, -0.15) is 0 Å². The van der Waals surface area contributed by atoms with Crippen LogP contribution >= 0.6 is 11.6 Å². The molecule has 0 heterocycles. The van der Waals surface area contributed by atoms with Crippen molar-refractivity contribution in [2.75, 3.05) is 5.32 Å².